The first-order chi connectivity index (χ1) is 13.5. The van der Waals surface area contributed by atoms with E-state index >= 15 is 0 Å². The van der Waals surface area contributed by atoms with Crippen molar-refractivity contribution < 1.29 is 13.9 Å². The van der Waals surface area contributed by atoms with Crippen LogP contribution >= 0.6 is 0 Å². The number of hydrogen-bond acceptors (Lipinski definition) is 6. The maximum Gasteiger partial charge on any atom is 0.244 e. The molecule has 2 N–H and O–H groups in total. The lowest BCUT2D eigenvalue weighted by Gasteiger charge is -2.23. The van der Waals surface area contributed by atoms with Crippen molar-refractivity contribution in [3.8, 4) is 5.75 Å². The predicted molar refractivity (Wildman–Crippen MR) is 101 cm³/mol. The third kappa shape index (κ3) is 5.03. The molecule has 0 fully saturated rings. The lowest BCUT2D eigenvalue weighted by atomic mass is 10.1. The molecule has 0 saturated carbocycles. The Morgan fingerprint density at radius 2 is 2.00 bits per heavy atom. The molecule has 0 aliphatic heterocycles. The molecule has 1 heterocycles. The van der Waals surface area contributed by atoms with E-state index < -0.39 is 0 Å². The molecular weight excluding hydrogens is 363 g/mol. The Bertz CT molecular complexity index is 928. The van der Waals surface area contributed by atoms with Gasteiger partial charge in [-0.1, -0.05) is 29.4 Å². The molecule has 0 radical (unpaired) electrons. The van der Waals surface area contributed by atoms with E-state index in [2.05, 4.69) is 15.5 Å². The van der Waals surface area contributed by atoms with Crippen molar-refractivity contribution in [3.05, 3.63) is 65.5 Å². The molecule has 0 saturated heterocycles. The van der Waals surface area contributed by atoms with Crippen molar-refractivity contribution in [2.24, 2.45) is 0 Å². The van der Waals surface area contributed by atoms with Crippen molar-refractivity contribution in [2.45, 2.75) is 19.5 Å². The zero-order valence-electron chi connectivity index (χ0n) is 15.5. The lowest BCUT2D eigenvalue weighted by Crippen LogP contribution is -2.35. The van der Waals surface area contributed by atoms with Crippen LogP contribution in [0.15, 0.2) is 48.5 Å². The average molecular weight is 384 g/mol. The van der Waals surface area contributed by atoms with E-state index in [4.69, 9.17) is 10.5 Å². The number of nitrogens with two attached hydrogens (primary N) is 1. The SMILES string of the molecule is COc1cccc(CCN(Cc2ccc(F)cc2)C(=O)Cn2nnnc2N)c1. The van der Waals surface area contributed by atoms with Crippen molar-refractivity contribution in [2.75, 3.05) is 19.4 Å². The second-order valence-corrected chi connectivity index (χ2v) is 6.24. The van der Waals surface area contributed by atoms with Gasteiger partial charge in [-0.15, -0.1) is 0 Å². The van der Waals surface area contributed by atoms with E-state index in [9.17, 15) is 9.18 Å². The highest BCUT2D eigenvalue weighted by Crippen LogP contribution is 2.15. The summed E-state index contributed by atoms with van der Waals surface area (Å²) in [6.45, 7) is 0.731. The number of carbonyl (C=O) groups excluding carboxylic acids is 1. The standard InChI is InChI=1S/C19H21FN6O2/c1-28-17-4-2-3-14(11-17)9-10-25(12-15-5-7-16(20)8-6-15)18(27)13-26-19(21)22-23-24-26/h2-8,11H,9-10,12-13H2,1H3,(H2,21,22,24). The minimum absolute atomic E-state index is 0.0713. The summed E-state index contributed by atoms with van der Waals surface area (Å²) in [5.74, 6) is 0.323. The van der Waals surface area contributed by atoms with Crippen LogP contribution in [-0.4, -0.2) is 44.7 Å². The number of aromatic nitrogens is 4. The molecule has 1 aromatic heterocycles. The van der Waals surface area contributed by atoms with Gasteiger partial charge in [0.25, 0.3) is 0 Å². The Morgan fingerprint density at radius 3 is 2.68 bits per heavy atom. The van der Waals surface area contributed by atoms with E-state index in [1.165, 1.54) is 16.8 Å². The number of methoxy groups -OCH3 is 1. The van der Waals surface area contributed by atoms with Gasteiger partial charge in [-0.2, -0.15) is 0 Å². The summed E-state index contributed by atoms with van der Waals surface area (Å²) in [6, 6.07) is 13.7. The molecule has 0 bridgehead atoms. The van der Waals surface area contributed by atoms with E-state index in [1.54, 1.807) is 24.1 Å². The van der Waals surface area contributed by atoms with Crippen molar-refractivity contribution in [1.82, 2.24) is 25.1 Å². The number of hydrogen-bond donors (Lipinski definition) is 1. The third-order valence-corrected chi connectivity index (χ3v) is 4.29. The zero-order valence-corrected chi connectivity index (χ0v) is 15.5. The fourth-order valence-electron chi connectivity index (χ4n) is 2.75. The zero-order chi connectivity index (χ0) is 19.9. The second kappa shape index (κ2) is 8.94. The van der Waals surface area contributed by atoms with Crippen LogP contribution in [-0.2, 0) is 24.3 Å². The number of nitrogen functional groups attached to an aromatic ring is 1. The van der Waals surface area contributed by atoms with Gasteiger partial charge in [0, 0.05) is 13.1 Å². The normalized spacial score (nSPS) is 10.6. The topological polar surface area (TPSA) is 99.2 Å². The fourth-order valence-corrected chi connectivity index (χ4v) is 2.75. The summed E-state index contributed by atoms with van der Waals surface area (Å²) in [4.78, 5) is 14.5. The van der Waals surface area contributed by atoms with E-state index in [-0.39, 0.29) is 24.2 Å². The monoisotopic (exact) mass is 384 g/mol. The summed E-state index contributed by atoms with van der Waals surface area (Å²) >= 11 is 0. The minimum atomic E-state index is -0.320. The Morgan fingerprint density at radius 1 is 1.21 bits per heavy atom. The Kier molecular flexibility index (Phi) is 6.15. The number of tetrazole rings is 1. The summed E-state index contributed by atoms with van der Waals surface area (Å²) in [7, 11) is 1.61. The first-order valence-electron chi connectivity index (χ1n) is 8.72. The molecule has 8 nitrogen and oxygen atoms in total. The highest BCUT2D eigenvalue weighted by Gasteiger charge is 2.17. The lowest BCUT2D eigenvalue weighted by molar-refractivity contribution is -0.132. The smallest absolute Gasteiger partial charge is 0.244 e. The van der Waals surface area contributed by atoms with Crippen LogP contribution in [0.1, 0.15) is 11.1 Å². The maximum absolute atomic E-state index is 13.2. The first kappa shape index (κ1) is 19.3. The number of carbonyl (C=O) groups is 1. The number of amides is 1. The molecule has 0 aliphatic rings. The van der Waals surface area contributed by atoms with Crippen LogP contribution in [0.4, 0.5) is 10.3 Å². The van der Waals surface area contributed by atoms with E-state index in [0.29, 0.717) is 19.5 Å². The van der Waals surface area contributed by atoms with Gasteiger partial charge in [-0.3, -0.25) is 4.79 Å². The van der Waals surface area contributed by atoms with Gasteiger partial charge in [0.05, 0.1) is 7.11 Å². The van der Waals surface area contributed by atoms with Crippen LogP contribution in [0.3, 0.4) is 0 Å². The van der Waals surface area contributed by atoms with Crippen LogP contribution in [0.2, 0.25) is 0 Å². The Hall–Kier alpha value is -3.49. The number of benzene rings is 2. The molecule has 2 aromatic carbocycles. The quantitative estimate of drug-likeness (QED) is 0.634. The second-order valence-electron chi connectivity index (χ2n) is 6.24. The number of nitrogens with zero attached hydrogens (tertiary/aromatic N) is 5. The highest BCUT2D eigenvalue weighted by atomic mass is 19.1. The van der Waals surface area contributed by atoms with Crippen molar-refractivity contribution in [3.63, 3.8) is 0 Å². The van der Waals surface area contributed by atoms with Gasteiger partial charge in [-0.25, -0.2) is 9.07 Å². The molecule has 28 heavy (non-hydrogen) atoms. The van der Waals surface area contributed by atoms with Crippen molar-refractivity contribution >= 4 is 11.9 Å². The molecule has 1 amide bonds. The first-order valence-corrected chi connectivity index (χ1v) is 8.72. The molecule has 3 rings (SSSR count). The Labute approximate surface area is 161 Å². The summed E-state index contributed by atoms with van der Waals surface area (Å²) in [6.07, 6.45) is 0.634. The minimum Gasteiger partial charge on any atom is -0.497 e. The number of ether oxygens (including phenoxy) is 1. The summed E-state index contributed by atoms with van der Waals surface area (Å²) in [5.41, 5.74) is 7.52. The van der Waals surface area contributed by atoms with Crippen LogP contribution < -0.4 is 10.5 Å². The van der Waals surface area contributed by atoms with Crippen LogP contribution in [0, 0.1) is 5.82 Å². The van der Waals surface area contributed by atoms with Crippen LogP contribution in [0.5, 0.6) is 5.75 Å². The van der Waals surface area contributed by atoms with Gasteiger partial charge < -0.3 is 15.4 Å². The van der Waals surface area contributed by atoms with Crippen molar-refractivity contribution in [1.29, 1.82) is 0 Å². The predicted octanol–water partition coefficient (Wildman–Crippen LogP) is 1.67. The summed E-state index contributed by atoms with van der Waals surface area (Å²) in [5, 5.41) is 10.8. The average Bonchev–Trinajstić information content (AvgIpc) is 3.11. The molecule has 9 heteroatoms. The molecular formula is C19H21FN6O2. The Balaban J connectivity index is 1.73. The molecule has 146 valence electrons. The van der Waals surface area contributed by atoms with E-state index in [0.717, 1.165) is 16.9 Å². The molecule has 0 aliphatic carbocycles. The van der Waals surface area contributed by atoms with Gasteiger partial charge in [0.1, 0.15) is 18.1 Å². The molecule has 0 atom stereocenters. The number of halogens is 1. The molecule has 0 spiro atoms. The summed E-state index contributed by atoms with van der Waals surface area (Å²) < 4.78 is 19.7. The molecule has 3 aromatic rings. The van der Waals surface area contributed by atoms with Gasteiger partial charge in [-0.05, 0) is 52.2 Å². The third-order valence-electron chi connectivity index (χ3n) is 4.29. The van der Waals surface area contributed by atoms with E-state index in [1.807, 2.05) is 24.3 Å². The van der Waals surface area contributed by atoms with Gasteiger partial charge in [0.15, 0.2) is 0 Å². The highest BCUT2D eigenvalue weighted by molar-refractivity contribution is 5.76. The fraction of sp³-hybridized carbons (Fsp3) is 0.263. The molecule has 0 unspecified atom stereocenters. The van der Waals surface area contributed by atoms with Gasteiger partial charge in [0.2, 0.25) is 11.9 Å². The number of anilines is 1. The maximum atomic E-state index is 13.2. The largest absolute Gasteiger partial charge is 0.497 e. The van der Waals surface area contributed by atoms with Gasteiger partial charge >= 0.3 is 0 Å². The number of rotatable bonds is 8. The van der Waals surface area contributed by atoms with Crippen LogP contribution in [0.25, 0.3) is 0 Å².